The standard InChI is InChI=1S/C27H29IO5/c28-24-26(32-18-22-14-8-3-9-15-22)25(31-17-21-12-6-2-7-13-21)23(33-27(24)29)19-30-16-20-10-4-1-5-11-20/h1-15,23-27,29H,16-19H2/t23-,24+,25+,26-,27?/m1/s1. The predicted octanol–water partition coefficient (Wildman–Crippen LogP) is 4.89. The molecule has 0 spiro atoms. The average molecular weight is 560 g/mol. The highest BCUT2D eigenvalue weighted by molar-refractivity contribution is 14.1. The fourth-order valence-electron chi connectivity index (χ4n) is 3.81. The van der Waals surface area contributed by atoms with E-state index < -0.39 is 18.5 Å². The number of alkyl halides is 1. The van der Waals surface area contributed by atoms with Gasteiger partial charge in [0.2, 0.25) is 0 Å². The van der Waals surface area contributed by atoms with E-state index in [-0.39, 0.29) is 10.0 Å². The Morgan fingerprint density at radius 1 is 0.667 bits per heavy atom. The number of benzene rings is 3. The lowest BCUT2D eigenvalue weighted by molar-refractivity contribution is -0.258. The van der Waals surface area contributed by atoms with Crippen LogP contribution >= 0.6 is 22.6 Å². The fourth-order valence-corrected chi connectivity index (χ4v) is 4.60. The molecule has 1 N–H and O–H groups in total. The number of halogens is 1. The average Bonchev–Trinajstić information content (AvgIpc) is 2.86. The normalized spacial score (nSPS) is 25.1. The maximum absolute atomic E-state index is 10.6. The lowest BCUT2D eigenvalue weighted by Crippen LogP contribution is -2.58. The van der Waals surface area contributed by atoms with Gasteiger partial charge in [0.1, 0.15) is 18.3 Å². The number of ether oxygens (including phenoxy) is 4. The van der Waals surface area contributed by atoms with Crippen molar-refractivity contribution in [2.45, 2.75) is 48.3 Å². The minimum atomic E-state index is -0.965. The van der Waals surface area contributed by atoms with Crippen LogP contribution in [0.15, 0.2) is 91.0 Å². The largest absolute Gasteiger partial charge is 0.374 e. The van der Waals surface area contributed by atoms with Gasteiger partial charge in [0.25, 0.3) is 0 Å². The Kier molecular flexibility index (Phi) is 9.28. The van der Waals surface area contributed by atoms with Crippen molar-refractivity contribution in [2.75, 3.05) is 6.61 Å². The van der Waals surface area contributed by atoms with Crippen LogP contribution in [-0.4, -0.2) is 40.2 Å². The van der Waals surface area contributed by atoms with Crippen molar-refractivity contribution in [1.29, 1.82) is 0 Å². The molecule has 1 heterocycles. The van der Waals surface area contributed by atoms with Crippen LogP contribution in [0.3, 0.4) is 0 Å². The second-order valence-electron chi connectivity index (χ2n) is 8.03. The Hall–Kier alpha value is -1.81. The van der Waals surface area contributed by atoms with Gasteiger partial charge in [-0.2, -0.15) is 0 Å². The molecule has 1 aliphatic rings. The summed E-state index contributed by atoms with van der Waals surface area (Å²) in [6.45, 7) is 1.61. The van der Waals surface area contributed by atoms with E-state index in [0.717, 1.165) is 16.7 Å². The minimum absolute atomic E-state index is 0.280. The van der Waals surface area contributed by atoms with Gasteiger partial charge in [-0.15, -0.1) is 0 Å². The molecule has 3 aromatic carbocycles. The molecule has 1 aliphatic heterocycles. The highest BCUT2D eigenvalue weighted by Gasteiger charge is 2.46. The zero-order valence-corrected chi connectivity index (χ0v) is 20.5. The van der Waals surface area contributed by atoms with E-state index in [2.05, 4.69) is 22.6 Å². The van der Waals surface area contributed by atoms with E-state index in [1.54, 1.807) is 0 Å². The maximum Gasteiger partial charge on any atom is 0.169 e. The Morgan fingerprint density at radius 3 is 1.64 bits per heavy atom. The molecular formula is C27H29IO5. The number of rotatable bonds is 10. The smallest absolute Gasteiger partial charge is 0.169 e. The van der Waals surface area contributed by atoms with E-state index in [0.29, 0.717) is 26.4 Å². The molecule has 0 bridgehead atoms. The molecule has 174 valence electrons. The van der Waals surface area contributed by atoms with E-state index in [1.807, 2.05) is 91.0 Å². The van der Waals surface area contributed by atoms with Gasteiger partial charge in [-0.25, -0.2) is 0 Å². The highest BCUT2D eigenvalue weighted by Crippen LogP contribution is 2.31. The zero-order chi connectivity index (χ0) is 22.9. The Balaban J connectivity index is 1.46. The molecule has 1 unspecified atom stereocenters. The molecule has 6 heteroatoms. The first-order chi connectivity index (χ1) is 16.2. The van der Waals surface area contributed by atoms with Crippen molar-refractivity contribution < 1.29 is 24.1 Å². The van der Waals surface area contributed by atoms with Crippen molar-refractivity contribution in [3.05, 3.63) is 108 Å². The van der Waals surface area contributed by atoms with Crippen molar-refractivity contribution in [2.24, 2.45) is 0 Å². The van der Waals surface area contributed by atoms with Gasteiger partial charge in [0.15, 0.2) is 6.29 Å². The Bertz CT molecular complexity index is 941. The summed E-state index contributed by atoms with van der Waals surface area (Å²) in [6.07, 6.45) is -2.17. The van der Waals surface area contributed by atoms with Gasteiger partial charge in [0.05, 0.1) is 30.4 Å². The molecule has 5 nitrogen and oxygen atoms in total. The van der Waals surface area contributed by atoms with Gasteiger partial charge >= 0.3 is 0 Å². The number of aliphatic hydroxyl groups excluding tert-OH is 1. The number of hydrogen-bond donors (Lipinski definition) is 1. The summed E-state index contributed by atoms with van der Waals surface area (Å²) in [5, 5.41) is 10.6. The van der Waals surface area contributed by atoms with Gasteiger partial charge in [-0.3, -0.25) is 0 Å². The lowest BCUT2D eigenvalue weighted by Gasteiger charge is -2.42. The van der Waals surface area contributed by atoms with Crippen molar-refractivity contribution in [3.63, 3.8) is 0 Å². The van der Waals surface area contributed by atoms with Crippen LogP contribution in [-0.2, 0) is 38.8 Å². The minimum Gasteiger partial charge on any atom is -0.374 e. The maximum atomic E-state index is 10.6. The summed E-state index contributed by atoms with van der Waals surface area (Å²) in [5.41, 5.74) is 3.22. The molecule has 4 rings (SSSR count). The van der Waals surface area contributed by atoms with E-state index in [4.69, 9.17) is 18.9 Å². The van der Waals surface area contributed by atoms with E-state index in [1.165, 1.54) is 0 Å². The molecule has 0 radical (unpaired) electrons. The molecule has 0 aliphatic carbocycles. The number of hydrogen-bond acceptors (Lipinski definition) is 5. The second kappa shape index (κ2) is 12.6. The predicted molar refractivity (Wildman–Crippen MR) is 135 cm³/mol. The van der Waals surface area contributed by atoms with Gasteiger partial charge in [-0.1, -0.05) is 114 Å². The lowest BCUT2D eigenvalue weighted by atomic mass is 10.0. The second-order valence-corrected chi connectivity index (χ2v) is 9.47. The summed E-state index contributed by atoms with van der Waals surface area (Å²) in [5.74, 6) is 0. The van der Waals surface area contributed by atoms with Gasteiger partial charge in [-0.05, 0) is 16.7 Å². The van der Waals surface area contributed by atoms with Crippen LogP contribution in [0.1, 0.15) is 16.7 Å². The molecule has 1 fully saturated rings. The topological polar surface area (TPSA) is 57.2 Å². The first kappa shape index (κ1) is 24.3. The first-order valence-corrected chi connectivity index (χ1v) is 12.4. The summed E-state index contributed by atoms with van der Waals surface area (Å²) < 4.78 is 24.3. The van der Waals surface area contributed by atoms with E-state index >= 15 is 0 Å². The van der Waals surface area contributed by atoms with Crippen LogP contribution in [0.2, 0.25) is 0 Å². The van der Waals surface area contributed by atoms with Crippen molar-refractivity contribution >= 4 is 22.6 Å². The highest BCUT2D eigenvalue weighted by atomic mass is 127. The summed E-state index contributed by atoms with van der Waals surface area (Å²) in [6, 6.07) is 30.0. The van der Waals surface area contributed by atoms with Crippen LogP contribution < -0.4 is 0 Å². The molecule has 0 saturated carbocycles. The van der Waals surface area contributed by atoms with Crippen LogP contribution in [0.25, 0.3) is 0 Å². The summed E-state index contributed by atoms with van der Waals surface area (Å²) in [4.78, 5) is 0. The molecule has 0 amide bonds. The molecule has 1 saturated heterocycles. The van der Waals surface area contributed by atoms with Crippen molar-refractivity contribution in [1.82, 2.24) is 0 Å². The molecular weight excluding hydrogens is 531 g/mol. The summed E-state index contributed by atoms with van der Waals surface area (Å²) in [7, 11) is 0. The van der Waals surface area contributed by atoms with Gasteiger partial charge in [0, 0.05) is 0 Å². The first-order valence-electron chi connectivity index (χ1n) is 11.1. The third-order valence-corrected chi connectivity index (χ3v) is 6.88. The number of aliphatic hydroxyl groups is 1. The SMILES string of the molecule is OC1O[C@H](COCc2ccccc2)[C@H](OCc2ccccc2)[C@H](OCc2ccccc2)[C@@H]1I. The van der Waals surface area contributed by atoms with E-state index in [9.17, 15) is 5.11 Å². The zero-order valence-electron chi connectivity index (χ0n) is 18.3. The molecule has 0 aromatic heterocycles. The molecule has 3 aromatic rings. The van der Waals surface area contributed by atoms with Crippen LogP contribution in [0, 0.1) is 0 Å². The molecule has 33 heavy (non-hydrogen) atoms. The Morgan fingerprint density at radius 2 is 1.12 bits per heavy atom. The van der Waals surface area contributed by atoms with Gasteiger partial charge < -0.3 is 24.1 Å². The fraction of sp³-hybridized carbons (Fsp3) is 0.333. The van der Waals surface area contributed by atoms with Crippen LogP contribution in [0.4, 0.5) is 0 Å². The third-order valence-electron chi connectivity index (χ3n) is 5.55. The third kappa shape index (κ3) is 7.09. The van der Waals surface area contributed by atoms with Crippen LogP contribution in [0.5, 0.6) is 0 Å². The summed E-state index contributed by atoms with van der Waals surface area (Å²) >= 11 is 2.19. The quantitative estimate of drug-likeness (QED) is 0.283. The van der Waals surface area contributed by atoms with Crippen molar-refractivity contribution in [3.8, 4) is 0 Å². The molecule has 5 atom stereocenters. The monoisotopic (exact) mass is 560 g/mol. The Labute approximate surface area is 208 Å².